The van der Waals surface area contributed by atoms with E-state index >= 15 is 0 Å². The van der Waals surface area contributed by atoms with E-state index in [-0.39, 0.29) is 29.1 Å². The van der Waals surface area contributed by atoms with E-state index in [0.29, 0.717) is 25.2 Å². The zero-order chi connectivity index (χ0) is 30.0. The van der Waals surface area contributed by atoms with E-state index in [2.05, 4.69) is 5.32 Å². The van der Waals surface area contributed by atoms with Gasteiger partial charge in [-0.25, -0.2) is 12.8 Å². The molecule has 0 saturated carbocycles. The molecule has 2 atom stereocenters. The van der Waals surface area contributed by atoms with Gasteiger partial charge in [0.15, 0.2) is 0 Å². The van der Waals surface area contributed by atoms with Crippen LogP contribution in [0.15, 0.2) is 83.8 Å². The minimum atomic E-state index is -4.27. The van der Waals surface area contributed by atoms with E-state index in [9.17, 15) is 22.4 Å². The minimum Gasteiger partial charge on any atom is -0.494 e. The van der Waals surface area contributed by atoms with Crippen LogP contribution in [0.1, 0.15) is 46.1 Å². The molecule has 0 unspecified atom stereocenters. The Kier molecular flexibility index (Phi) is 11.3. The predicted octanol–water partition coefficient (Wildman–Crippen LogP) is 5.14. The molecule has 0 heterocycles. The van der Waals surface area contributed by atoms with E-state index in [0.717, 1.165) is 22.0 Å². The van der Waals surface area contributed by atoms with Gasteiger partial charge in [0, 0.05) is 12.6 Å². The third kappa shape index (κ3) is 8.29. The second-order valence-corrected chi connectivity index (χ2v) is 11.5. The Morgan fingerprint density at radius 3 is 2.10 bits per heavy atom. The summed E-state index contributed by atoms with van der Waals surface area (Å²) in [6, 6.07) is 19.0. The second-order valence-electron chi connectivity index (χ2n) is 9.64. The van der Waals surface area contributed by atoms with Gasteiger partial charge in [-0.2, -0.15) is 0 Å². The van der Waals surface area contributed by atoms with Gasteiger partial charge in [-0.1, -0.05) is 44.2 Å². The molecule has 1 N–H and O–H groups in total. The van der Waals surface area contributed by atoms with E-state index in [4.69, 9.17) is 4.74 Å². The Hall–Kier alpha value is -3.92. The Labute approximate surface area is 242 Å². The smallest absolute Gasteiger partial charge is 0.264 e. The van der Waals surface area contributed by atoms with Crippen LogP contribution in [0.2, 0.25) is 0 Å². The molecule has 0 radical (unpaired) electrons. The normalized spacial score (nSPS) is 12.7. The Balaban J connectivity index is 2.03. The first kappa shape index (κ1) is 31.6. The highest BCUT2D eigenvalue weighted by molar-refractivity contribution is 7.92. The van der Waals surface area contributed by atoms with E-state index in [1.807, 2.05) is 51.1 Å². The summed E-state index contributed by atoms with van der Waals surface area (Å²) in [6.07, 6.45) is 1.04. The van der Waals surface area contributed by atoms with Crippen molar-refractivity contribution in [1.82, 2.24) is 10.2 Å². The highest BCUT2D eigenvalue weighted by Crippen LogP contribution is 2.26. The van der Waals surface area contributed by atoms with Crippen molar-refractivity contribution in [2.24, 2.45) is 0 Å². The van der Waals surface area contributed by atoms with Gasteiger partial charge in [0.05, 0.1) is 17.2 Å². The number of hydrogen-bond acceptors (Lipinski definition) is 5. The lowest BCUT2D eigenvalue weighted by Crippen LogP contribution is -2.53. The van der Waals surface area contributed by atoms with Crippen LogP contribution in [0.25, 0.3) is 0 Å². The van der Waals surface area contributed by atoms with Gasteiger partial charge < -0.3 is 15.0 Å². The van der Waals surface area contributed by atoms with Gasteiger partial charge in [-0.3, -0.25) is 13.9 Å². The molecule has 8 nitrogen and oxygen atoms in total. The van der Waals surface area contributed by atoms with Crippen LogP contribution < -0.4 is 14.4 Å². The minimum absolute atomic E-state index is 0.0609. The van der Waals surface area contributed by atoms with Crippen LogP contribution in [-0.4, -0.2) is 50.4 Å². The molecule has 0 saturated heterocycles. The van der Waals surface area contributed by atoms with Gasteiger partial charge in [-0.05, 0) is 80.8 Å². The summed E-state index contributed by atoms with van der Waals surface area (Å²) in [4.78, 5) is 28.7. The fourth-order valence-corrected chi connectivity index (χ4v) is 5.69. The third-order valence-electron chi connectivity index (χ3n) is 6.70. The number of ether oxygens (including phenoxy) is 1. The van der Waals surface area contributed by atoms with Gasteiger partial charge in [-0.15, -0.1) is 0 Å². The summed E-state index contributed by atoms with van der Waals surface area (Å²) < 4.78 is 48.0. The van der Waals surface area contributed by atoms with Gasteiger partial charge in [0.1, 0.15) is 24.2 Å². The summed E-state index contributed by atoms with van der Waals surface area (Å²) in [5.74, 6) is -0.923. The number of carbonyl (C=O) groups is 2. The molecule has 41 heavy (non-hydrogen) atoms. The first-order valence-electron chi connectivity index (χ1n) is 13.8. The largest absolute Gasteiger partial charge is 0.494 e. The van der Waals surface area contributed by atoms with Crippen LogP contribution in [0.3, 0.4) is 0 Å². The molecule has 10 heteroatoms. The number of benzene rings is 3. The zero-order valence-corrected chi connectivity index (χ0v) is 24.7. The summed E-state index contributed by atoms with van der Waals surface area (Å²) in [5.41, 5.74) is 0.906. The quantitative estimate of drug-likeness (QED) is 0.284. The summed E-state index contributed by atoms with van der Waals surface area (Å²) >= 11 is 0. The molecule has 0 fully saturated rings. The lowest BCUT2D eigenvalue weighted by molar-refractivity contribution is -0.140. The Morgan fingerprint density at radius 1 is 0.902 bits per heavy atom. The monoisotopic (exact) mass is 583 g/mol. The topological polar surface area (TPSA) is 96.0 Å². The summed E-state index contributed by atoms with van der Waals surface area (Å²) in [5, 5.41) is 2.95. The molecule has 3 aromatic rings. The van der Waals surface area contributed by atoms with Crippen molar-refractivity contribution < 1.29 is 27.1 Å². The lowest BCUT2D eigenvalue weighted by Gasteiger charge is -2.33. The standard InChI is InChI=1S/C31H38FN3O5S/c1-5-23(4)33-31(37)29(6-2)34(21-24-11-9-8-10-12-24)30(36)22-35(26-15-13-25(32)14-16-26)41(38,39)28-19-17-27(18-20-28)40-7-3/h8-20,23,29H,5-7,21-22H2,1-4H3,(H,33,37)/t23-,29-/m1/s1. The van der Waals surface area contributed by atoms with E-state index in [1.54, 1.807) is 6.92 Å². The number of carbonyl (C=O) groups excluding carboxylic acids is 2. The molecule has 0 aliphatic carbocycles. The zero-order valence-electron chi connectivity index (χ0n) is 23.9. The second kappa shape index (κ2) is 14.6. The molecule has 0 bridgehead atoms. The van der Waals surface area contributed by atoms with Crippen molar-refractivity contribution in [3.63, 3.8) is 0 Å². The van der Waals surface area contributed by atoms with E-state index < -0.39 is 34.3 Å². The number of anilines is 1. The number of nitrogens with one attached hydrogen (secondary N) is 1. The van der Waals surface area contributed by atoms with Crippen molar-refractivity contribution in [2.45, 2.75) is 64.1 Å². The summed E-state index contributed by atoms with van der Waals surface area (Å²) in [7, 11) is -4.27. The van der Waals surface area contributed by atoms with Crippen LogP contribution in [0.4, 0.5) is 10.1 Å². The first-order valence-corrected chi connectivity index (χ1v) is 15.2. The molecule has 0 aliphatic rings. The van der Waals surface area contributed by atoms with Crippen molar-refractivity contribution >= 4 is 27.5 Å². The molecule has 0 aromatic heterocycles. The van der Waals surface area contributed by atoms with Gasteiger partial charge >= 0.3 is 0 Å². The molecule has 3 aromatic carbocycles. The molecule has 0 spiro atoms. The van der Waals surface area contributed by atoms with E-state index in [1.165, 1.54) is 41.3 Å². The highest BCUT2D eigenvalue weighted by Gasteiger charge is 2.34. The first-order chi connectivity index (χ1) is 19.6. The molecule has 2 amide bonds. The predicted molar refractivity (Wildman–Crippen MR) is 158 cm³/mol. The maximum absolute atomic E-state index is 14.0. The van der Waals surface area contributed by atoms with Crippen LogP contribution in [-0.2, 0) is 26.2 Å². The van der Waals surface area contributed by atoms with Crippen LogP contribution in [0, 0.1) is 5.82 Å². The lowest BCUT2D eigenvalue weighted by atomic mass is 10.1. The molecule has 3 rings (SSSR count). The number of nitrogens with zero attached hydrogens (tertiary/aromatic N) is 2. The van der Waals surface area contributed by atoms with Crippen LogP contribution >= 0.6 is 0 Å². The van der Waals surface area contributed by atoms with Crippen molar-refractivity contribution in [1.29, 1.82) is 0 Å². The molecule has 0 aliphatic heterocycles. The molecule has 220 valence electrons. The average molecular weight is 584 g/mol. The number of rotatable bonds is 14. The maximum atomic E-state index is 14.0. The Morgan fingerprint density at radius 2 is 1.54 bits per heavy atom. The summed E-state index contributed by atoms with van der Waals surface area (Å²) in [6.45, 7) is 7.39. The Bertz CT molecular complexity index is 1380. The van der Waals surface area contributed by atoms with Crippen molar-refractivity contribution in [2.75, 3.05) is 17.5 Å². The molecular formula is C31H38FN3O5S. The van der Waals surface area contributed by atoms with Crippen molar-refractivity contribution in [3.8, 4) is 5.75 Å². The van der Waals surface area contributed by atoms with Gasteiger partial charge in [0.25, 0.3) is 10.0 Å². The van der Waals surface area contributed by atoms with Gasteiger partial charge in [0.2, 0.25) is 11.8 Å². The molecular weight excluding hydrogens is 545 g/mol. The fourth-order valence-electron chi connectivity index (χ4n) is 4.28. The third-order valence-corrected chi connectivity index (χ3v) is 8.49. The highest BCUT2D eigenvalue weighted by atomic mass is 32.2. The average Bonchev–Trinajstić information content (AvgIpc) is 2.97. The number of halogens is 1. The van der Waals surface area contributed by atoms with Crippen LogP contribution in [0.5, 0.6) is 5.75 Å². The number of sulfonamides is 1. The number of hydrogen-bond donors (Lipinski definition) is 1. The van der Waals surface area contributed by atoms with Crippen molar-refractivity contribution in [3.05, 3.63) is 90.2 Å². The number of amides is 2. The fraction of sp³-hybridized carbons (Fsp3) is 0.355. The maximum Gasteiger partial charge on any atom is 0.264 e. The SMILES string of the molecule is CCOc1ccc(S(=O)(=O)N(CC(=O)N(Cc2ccccc2)[C@H](CC)C(=O)N[C@H](C)CC)c2ccc(F)cc2)cc1.